The Morgan fingerprint density at radius 3 is 1.37 bits per heavy atom. The van der Waals surface area contributed by atoms with Crippen LogP contribution in [-0.4, -0.2) is 116 Å². The molecule has 0 aromatic carbocycles. The van der Waals surface area contributed by atoms with Crippen molar-refractivity contribution in [2.75, 3.05) is 64.7 Å². The van der Waals surface area contributed by atoms with Crippen molar-refractivity contribution in [3.8, 4) is 0 Å². The quantitative estimate of drug-likeness (QED) is 0.0599. The summed E-state index contributed by atoms with van der Waals surface area (Å²) in [6.07, 6.45) is 19.4. The molecule has 0 spiro atoms. The third-order valence-electron chi connectivity index (χ3n) is 11.3. The molecule has 14 nitrogen and oxygen atoms in total. The summed E-state index contributed by atoms with van der Waals surface area (Å²) < 4.78 is 24.1. The number of aliphatic hydroxyl groups excluding tert-OH is 2. The Labute approximate surface area is 346 Å². The summed E-state index contributed by atoms with van der Waals surface area (Å²) in [7, 11) is -5.22. The predicted octanol–water partition coefficient (Wildman–Crippen LogP) is 6.88. The maximum atomic E-state index is 10.5. The van der Waals surface area contributed by atoms with Crippen molar-refractivity contribution in [1.82, 2.24) is 19.5 Å². The van der Waals surface area contributed by atoms with Crippen molar-refractivity contribution in [3.63, 3.8) is 0 Å². The number of anilines is 1. The van der Waals surface area contributed by atoms with E-state index in [1.165, 1.54) is 181 Å². The Balaban J connectivity index is 0.000000438. The van der Waals surface area contributed by atoms with Gasteiger partial charge < -0.3 is 48.5 Å². The molecule has 0 unspecified atom stereocenters. The van der Waals surface area contributed by atoms with Gasteiger partial charge in [-0.25, -0.2) is 15.0 Å². The molecule has 0 amide bonds. The summed E-state index contributed by atoms with van der Waals surface area (Å²) in [4.78, 5) is 32.8. The van der Waals surface area contributed by atoms with Gasteiger partial charge in [0.15, 0.2) is 17.7 Å². The van der Waals surface area contributed by atoms with Gasteiger partial charge in [0, 0.05) is 0 Å². The molecule has 334 valence electrons. The maximum absolute atomic E-state index is 10.5. The van der Waals surface area contributed by atoms with E-state index in [-0.39, 0.29) is 17.0 Å². The van der Waals surface area contributed by atoms with Crippen LogP contribution in [0.4, 0.5) is 5.82 Å². The molecule has 0 saturated carbocycles. The van der Waals surface area contributed by atoms with E-state index in [9.17, 15) is 24.6 Å². The van der Waals surface area contributed by atoms with E-state index in [2.05, 4.69) is 74.9 Å². The second-order valence-electron chi connectivity index (χ2n) is 16.2. The van der Waals surface area contributed by atoms with E-state index in [1.54, 1.807) is 0 Å². The number of unbranched alkanes of at least 4 members (excludes halogenated alkanes) is 8. The molecule has 3 rings (SSSR count). The van der Waals surface area contributed by atoms with Crippen LogP contribution in [0.1, 0.15) is 164 Å². The van der Waals surface area contributed by atoms with Crippen LogP contribution < -0.4 is 15.5 Å². The van der Waals surface area contributed by atoms with Crippen LogP contribution in [0.5, 0.6) is 0 Å². The van der Waals surface area contributed by atoms with Gasteiger partial charge in [-0.3, -0.25) is 4.57 Å². The number of nitrogens with two attached hydrogens (primary N) is 1. The van der Waals surface area contributed by atoms with Gasteiger partial charge in [0.2, 0.25) is 0 Å². The Bertz CT molecular complexity index is 1240. The molecular weight excluding hydrogens is 745 g/mol. The molecule has 1 aliphatic heterocycles. The topological polar surface area (TPSA) is 192 Å². The fourth-order valence-electron chi connectivity index (χ4n) is 7.61. The molecule has 57 heavy (non-hydrogen) atoms. The lowest BCUT2D eigenvalue weighted by Gasteiger charge is -2.39. The zero-order valence-electron chi connectivity index (χ0n) is 37.3. The van der Waals surface area contributed by atoms with Crippen molar-refractivity contribution in [2.45, 2.75) is 183 Å². The number of ether oxygens (including phenoxy) is 1. The van der Waals surface area contributed by atoms with Gasteiger partial charge in [0.05, 0.1) is 73.1 Å². The monoisotopic (exact) mass is 830 g/mol. The lowest BCUT2D eigenvalue weighted by atomic mass is 10.1. The Kier molecular flexibility index (Phi) is 27.6. The molecule has 1 saturated heterocycles. The molecule has 0 radical (unpaired) electrons. The Morgan fingerprint density at radius 1 is 0.667 bits per heavy atom. The normalized spacial score (nSPS) is 18.7. The second kappa shape index (κ2) is 29.5. The average molecular weight is 830 g/mol. The molecule has 4 N–H and O–H groups in total. The summed E-state index contributed by atoms with van der Waals surface area (Å²) in [5, 5.41) is 20.0. The molecular formula is C42H84N7O7P. The lowest BCUT2D eigenvalue weighted by molar-refractivity contribution is -0.929. The fraction of sp³-hybridized carbons (Fsp3) is 0.881. The lowest BCUT2D eigenvalue weighted by Crippen LogP contribution is -2.50. The van der Waals surface area contributed by atoms with Gasteiger partial charge in [-0.15, -0.1) is 0 Å². The van der Waals surface area contributed by atoms with Crippen LogP contribution in [0.2, 0.25) is 0 Å². The van der Waals surface area contributed by atoms with Crippen LogP contribution in [0.15, 0.2) is 12.7 Å². The zero-order valence-corrected chi connectivity index (χ0v) is 38.2. The number of quaternary nitrogens is 2. The fourth-order valence-corrected chi connectivity index (χ4v) is 7.94. The summed E-state index contributed by atoms with van der Waals surface area (Å²) >= 11 is 0. The summed E-state index contributed by atoms with van der Waals surface area (Å²) in [6.45, 7) is 29.3. The number of nitrogen functional groups attached to an aromatic ring is 1. The minimum absolute atomic E-state index is 0.125. The Hall–Kier alpha value is -1.74. The van der Waals surface area contributed by atoms with E-state index in [0.29, 0.717) is 0 Å². The van der Waals surface area contributed by atoms with E-state index in [4.69, 9.17) is 10.5 Å². The van der Waals surface area contributed by atoms with Gasteiger partial charge >= 0.3 is 0 Å². The molecule has 1 aliphatic rings. The van der Waals surface area contributed by atoms with Gasteiger partial charge in [0.1, 0.15) is 30.2 Å². The molecule has 15 heteroatoms. The highest BCUT2D eigenvalue weighted by Crippen LogP contribution is 2.34. The first-order chi connectivity index (χ1) is 27.3. The third-order valence-corrected chi connectivity index (χ3v) is 11.7. The maximum Gasteiger partial charge on any atom is 0.167 e. The minimum atomic E-state index is -5.22. The standard InChI is InChI=1S/2C16H36N.C10H14N5O7P/c2*1-5-9-13-17(14-10-6-2,15-11-7-3)16-12-8-4;11-8-5-9(13-2-12-8)15(3-14-5)10-7(17)6(16)4(22-10)1-21-23(18,19)20/h2*5-16H2,1-4H3;2-4,6-7,10,16-17H,1H2,(H2,11,12,13)(H2,18,19,20)/q2*+1;/p-2/t;;4-,6-,7-,10-/m..1/s1. The summed E-state index contributed by atoms with van der Waals surface area (Å²) in [6, 6.07) is 0. The SMILES string of the molecule is CCCC[N+](CCCC)(CCCC)CCCC.CCCC[N+](CCCC)(CCCC)CCCC.Nc1ncnc2c1ncn2[C@@H]1O[C@H](COP(=O)([O-])[O-])[C@@H](O)[C@H]1O. The number of fused-ring (bicyclic) bond motifs is 1. The highest BCUT2D eigenvalue weighted by Gasteiger charge is 2.44. The van der Waals surface area contributed by atoms with Gasteiger partial charge in [-0.2, -0.15) is 0 Å². The van der Waals surface area contributed by atoms with Crippen molar-refractivity contribution in [3.05, 3.63) is 12.7 Å². The number of phosphoric ester groups is 1. The number of nitrogens with zero attached hydrogens (tertiary/aromatic N) is 6. The second-order valence-corrected chi connectivity index (χ2v) is 17.3. The summed E-state index contributed by atoms with van der Waals surface area (Å²) in [5.74, 6) is 0.125. The van der Waals surface area contributed by atoms with E-state index in [1.807, 2.05) is 0 Å². The summed E-state index contributed by atoms with van der Waals surface area (Å²) in [5.41, 5.74) is 6.19. The number of aliphatic hydroxyl groups is 2. The molecule has 3 heterocycles. The van der Waals surface area contributed by atoms with Gasteiger partial charge in [0.25, 0.3) is 0 Å². The highest BCUT2D eigenvalue weighted by molar-refractivity contribution is 7.43. The number of phosphoric acid groups is 1. The zero-order chi connectivity index (χ0) is 42.7. The first-order valence-electron chi connectivity index (χ1n) is 22.6. The molecule has 4 atom stereocenters. The third kappa shape index (κ3) is 19.5. The van der Waals surface area contributed by atoms with Crippen LogP contribution in [0, 0.1) is 0 Å². The van der Waals surface area contributed by atoms with E-state index < -0.39 is 39.0 Å². The predicted molar refractivity (Wildman–Crippen MR) is 228 cm³/mol. The van der Waals surface area contributed by atoms with Crippen molar-refractivity contribution in [2.24, 2.45) is 0 Å². The van der Waals surface area contributed by atoms with Crippen molar-refractivity contribution >= 4 is 24.8 Å². The number of aromatic nitrogens is 4. The average Bonchev–Trinajstić information content (AvgIpc) is 3.76. The van der Waals surface area contributed by atoms with Crippen LogP contribution in [0.25, 0.3) is 11.2 Å². The smallest absolute Gasteiger partial charge is 0.167 e. The first kappa shape index (κ1) is 53.3. The largest absolute Gasteiger partial charge is 0.790 e. The minimum Gasteiger partial charge on any atom is -0.790 e. The molecule has 0 aliphatic carbocycles. The van der Waals surface area contributed by atoms with Crippen molar-refractivity contribution < 1.29 is 42.8 Å². The van der Waals surface area contributed by atoms with Gasteiger partial charge in [-0.1, -0.05) is 107 Å². The molecule has 1 fully saturated rings. The molecule has 0 bridgehead atoms. The number of imidazole rings is 1. The van der Waals surface area contributed by atoms with Crippen molar-refractivity contribution in [1.29, 1.82) is 0 Å². The highest BCUT2D eigenvalue weighted by atomic mass is 31.2. The number of rotatable bonds is 28. The van der Waals surface area contributed by atoms with Crippen LogP contribution in [-0.2, 0) is 13.8 Å². The van der Waals surface area contributed by atoms with E-state index in [0.717, 1.165) is 0 Å². The Morgan fingerprint density at radius 2 is 1.04 bits per heavy atom. The number of hydrogen-bond acceptors (Lipinski definition) is 11. The van der Waals surface area contributed by atoms with Crippen LogP contribution >= 0.6 is 7.82 Å². The van der Waals surface area contributed by atoms with Crippen LogP contribution in [0.3, 0.4) is 0 Å². The molecule has 2 aromatic rings. The van der Waals surface area contributed by atoms with Gasteiger partial charge in [-0.05, 0) is 51.4 Å². The first-order valence-corrected chi connectivity index (χ1v) is 24.0. The van der Waals surface area contributed by atoms with E-state index >= 15 is 0 Å². The number of hydrogen-bond donors (Lipinski definition) is 3. The molecule has 2 aromatic heterocycles.